The number of amides is 1. The van der Waals surface area contributed by atoms with Crippen molar-refractivity contribution in [1.82, 2.24) is 5.32 Å². The maximum absolute atomic E-state index is 13.1. The van der Waals surface area contributed by atoms with Crippen molar-refractivity contribution in [3.05, 3.63) is 59.6 Å². The zero-order chi connectivity index (χ0) is 17.5. The lowest BCUT2D eigenvalue weighted by atomic mass is 10.1. The van der Waals surface area contributed by atoms with Crippen LogP contribution in [-0.2, 0) is 11.2 Å². The zero-order valence-corrected chi connectivity index (χ0v) is 13.5. The molecule has 1 aromatic heterocycles. The summed E-state index contributed by atoms with van der Waals surface area (Å²) in [6, 6.07) is 6.92. The van der Waals surface area contributed by atoms with Gasteiger partial charge in [-0.1, -0.05) is 6.07 Å². The molecule has 2 rings (SSSR count). The molecular weight excluding hydrogens is 316 g/mol. The Balaban J connectivity index is 1.69. The van der Waals surface area contributed by atoms with Gasteiger partial charge in [-0.2, -0.15) is 0 Å². The average molecular weight is 337 g/mol. The Bertz CT molecular complexity index is 658. The van der Waals surface area contributed by atoms with E-state index in [2.05, 4.69) is 5.32 Å². The van der Waals surface area contributed by atoms with E-state index in [1.165, 1.54) is 12.3 Å². The van der Waals surface area contributed by atoms with Crippen LogP contribution in [0.2, 0.25) is 0 Å². The minimum atomic E-state index is -0.877. The van der Waals surface area contributed by atoms with Crippen LogP contribution >= 0.6 is 0 Å². The fraction of sp³-hybridized carbons (Fsp3) is 0.389. The van der Waals surface area contributed by atoms with Crippen LogP contribution in [0.5, 0.6) is 0 Å². The molecule has 1 aromatic carbocycles. The van der Waals surface area contributed by atoms with Gasteiger partial charge >= 0.3 is 0 Å². The number of furan rings is 1. The molecule has 2 atom stereocenters. The molecule has 0 saturated carbocycles. The van der Waals surface area contributed by atoms with Crippen LogP contribution in [0.1, 0.15) is 43.6 Å². The normalized spacial score (nSPS) is 13.5. The fourth-order valence-electron chi connectivity index (χ4n) is 2.49. The third kappa shape index (κ3) is 5.45. The Morgan fingerprint density at radius 1 is 1.29 bits per heavy atom. The second kappa shape index (κ2) is 8.59. The van der Waals surface area contributed by atoms with E-state index in [1.807, 2.05) is 0 Å². The standard InChI is InChI=1S/C18H21F2NO3/c1-12(10-16(22)17-5-3-9-24-17)21-18(23)6-2-4-13-7-8-14(19)15(20)11-13/h3,5,7-9,11-12,16,22H,2,4,6,10H2,1H3,(H,21,23). The molecule has 130 valence electrons. The van der Waals surface area contributed by atoms with E-state index < -0.39 is 17.7 Å². The van der Waals surface area contributed by atoms with Crippen molar-refractivity contribution in [2.45, 2.75) is 44.8 Å². The Morgan fingerprint density at radius 2 is 2.08 bits per heavy atom. The quantitative estimate of drug-likeness (QED) is 0.775. The number of nitrogens with one attached hydrogen (secondary N) is 1. The van der Waals surface area contributed by atoms with Gasteiger partial charge in [0, 0.05) is 18.9 Å². The van der Waals surface area contributed by atoms with Gasteiger partial charge in [0.15, 0.2) is 11.6 Å². The highest BCUT2D eigenvalue weighted by molar-refractivity contribution is 5.76. The van der Waals surface area contributed by atoms with E-state index in [9.17, 15) is 18.7 Å². The lowest BCUT2D eigenvalue weighted by Gasteiger charge is -2.16. The third-order valence-corrected chi connectivity index (χ3v) is 3.71. The second-order valence-corrected chi connectivity index (χ2v) is 5.84. The molecule has 0 bridgehead atoms. The van der Waals surface area contributed by atoms with Crippen molar-refractivity contribution < 1.29 is 23.1 Å². The van der Waals surface area contributed by atoms with Gasteiger partial charge in [0.1, 0.15) is 11.9 Å². The largest absolute Gasteiger partial charge is 0.467 e. The summed E-state index contributed by atoms with van der Waals surface area (Å²) in [5, 5.41) is 12.8. The monoisotopic (exact) mass is 337 g/mol. The van der Waals surface area contributed by atoms with Gasteiger partial charge in [0.25, 0.3) is 0 Å². The van der Waals surface area contributed by atoms with Crippen LogP contribution in [0.25, 0.3) is 0 Å². The first-order chi connectivity index (χ1) is 11.5. The van der Waals surface area contributed by atoms with Crippen LogP contribution in [-0.4, -0.2) is 17.1 Å². The molecule has 24 heavy (non-hydrogen) atoms. The predicted molar refractivity (Wildman–Crippen MR) is 85.2 cm³/mol. The maximum Gasteiger partial charge on any atom is 0.220 e. The molecule has 1 heterocycles. The number of hydrogen-bond acceptors (Lipinski definition) is 3. The summed E-state index contributed by atoms with van der Waals surface area (Å²) in [6.07, 6.45) is 2.37. The van der Waals surface area contributed by atoms with Crippen molar-refractivity contribution in [3.8, 4) is 0 Å². The van der Waals surface area contributed by atoms with Gasteiger partial charge in [0.05, 0.1) is 6.26 Å². The Kier molecular flexibility index (Phi) is 6.49. The summed E-state index contributed by atoms with van der Waals surface area (Å²) in [5.41, 5.74) is 0.656. The summed E-state index contributed by atoms with van der Waals surface area (Å²) < 4.78 is 31.0. The van der Waals surface area contributed by atoms with Gasteiger partial charge in [-0.15, -0.1) is 0 Å². The minimum Gasteiger partial charge on any atom is -0.467 e. The lowest BCUT2D eigenvalue weighted by Crippen LogP contribution is -2.33. The number of halogens is 2. The van der Waals surface area contributed by atoms with Crippen molar-refractivity contribution in [2.75, 3.05) is 0 Å². The number of aliphatic hydroxyl groups is 1. The molecule has 0 fully saturated rings. The maximum atomic E-state index is 13.1. The van der Waals surface area contributed by atoms with E-state index in [1.54, 1.807) is 19.1 Å². The molecule has 2 unspecified atom stereocenters. The molecule has 0 radical (unpaired) electrons. The molecule has 2 N–H and O–H groups in total. The van der Waals surface area contributed by atoms with E-state index in [0.717, 1.165) is 12.1 Å². The summed E-state index contributed by atoms with van der Waals surface area (Å²) in [5.74, 6) is -1.43. The fourth-order valence-corrected chi connectivity index (χ4v) is 2.49. The molecule has 0 aliphatic carbocycles. The molecule has 0 spiro atoms. The molecule has 0 saturated heterocycles. The van der Waals surface area contributed by atoms with E-state index in [0.29, 0.717) is 30.6 Å². The number of aryl methyl sites for hydroxylation is 1. The van der Waals surface area contributed by atoms with Crippen molar-refractivity contribution in [1.29, 1.82) is 0 Å². The number of hydrogen-bond donors (Lipinski definition) is 2. The highest BCUT2D eigenvalue weighted by atomic mass is 19.2. The Morgan fingerprint density at radius 3 is 2.75 bits per heavy atom. The van der Waals surface area contributed by atoms with E-state index >= 15 is 0 Å². The third-order valence-electron chi connectivity index (χ3n) is 3.71. The molecule has 6 heteroatoms. The van der Waals surface area contributed by atoms with Gasteiger partial charge in [-0.05, 0) is 49.6 Å². The lowest BCUT2D eigenvalue weighted by molar-refractivity contribution is -0.121. The average Bonchev–Trinajstić information content (AvgIpc) is 3.05. The topological polar surface area (TPSA) is 62.5 Å². The first-order valence-corrected chi connectivity index (χ1v) is 7.90. The van der Waals surface area contributed by atoms with Crippen LogP contribution in [0.3, 0.4) is 0 Å². The second-order valence-electron chi connectivity index (χ2n) is 5.84. The zero-order valence-electron chi connectivity index (χ0n) is 13.5. The number of carbonyl (C=O) groups is 1. The summed E-state index contributed by atoms with van der Waals surface area (Å²) in [4.78, 5) is 11.9. The number of benzene rings is 1. The predicted octanol–water partition coefficient (Wildman–Crippen LogP) is 3.51. The SMILES string of the molecule is CC(CC(O)c1ccco1)NC(=O)CCCc1ccc(F)c(F)c1. The van der Waals surface area contributed by atoms with Crippen LogP contribution in [0.4, 0.5) is 8.78 Å². The number of aliphatic hydroxyl groups excluding tert-OH is 1. The first-order valence-electron chi connectivity index (χ1n) is 7.90. The van der Waals surface area contributed by atoms with Crippen LogP contribution in [0.15, 0.2) is 41.0 Å². The highest BCUT2D eigenvalue weighted by Gasteiger charge is 2.16. The number of carbonyl (C=O) groups excluding carboxylic acids is 1. The summed E-state index contributed by atoms with van der Waals surface area (Å²) in [6.45, 7) is 1.80. The molecule has 2 aromatic rings. The van der Waals surface area contributed by atoms with Gasteiger partial charge in [-0.25, -0.2) is 8.78 Å². The smallest absolute Gasteiger partial charge is 0.220 e. The Labute approximate surface area is 139 Å². The van der Waals surface area contributed by atoms with Crippen LogP contribution < -0.4 is 5.32 Å². The van der Waals surface area contributed by atoms with Crippen molar-refractivity contribution in [3.63, 3.8) is 0 Å². The Hall–Kier alpha value is -2.21. The molecule has 0 aliphatic rings. The van der Waals surface area contributed by atoms with Gasteiger partial charge in [0.2, 0.25) is 5.91 Å². The summed E-state index contributed by atoms with van der Waals surface area (Å²) >= 11 is 0. The van der Waals surface area contributed by atoms with E-state index in [-0.39, 0.29) is 18.4 Å². The first kappa shape index (κ1) is 18.1. The van der Waals surface area contributed by atoms with Gasteiger partial charge in [-0.3, -0.25) is 4.79 Å². The van der Waals surface area contributed by atoms with Crippen LogP contribution in [0, 0.1) is 11.6 Å². The van der Waals surface area contributed by atoms with Crippen molar-refractivity contribution in [2.24, 2.45) is 0 Å². The van der Waals surface area contributed by atoms with Gasteiger partial charge < -0.3 is 14.8 Å². The molecule has 4 nitrogen and oxygen atoms in total. The molecular formula is C18H21F2NO3. The molecule has 0 aliphatic heterocycles. The summed E-state index contributed by atoms with van der Waals surface area (Å²) in [7, 11) is 0. The molecule has 1 amide bonds. The van der Waals surface area contributed by atoms with E-state index in [4.69, 9.17) is 4.42 Å². The number of rotatable bonds is 8. The van der Waals surface area contributed by atoms with Crippen molar-refractivity contribution >= 4 is 5.91 Å². The minimum absolute atomic E-state index is 0.142. The highest BCUT2D eigenvalue weighted by Crippen LogP contribution is 2.18.